The lowest BCUT2D eigenvalue weighted by Gasteiger charge is -2.25. The lowest BCUT2D eigenvalue weighted by atomic mass is 10.0. The van der Waals surface area contributed by atoms with Crippen LogP contribution in [0.5, 0.6) is 0 Å². The van der Waals surface area contributed by atoms with Crippen molar-refractivity contribution in [2.24, 2.45) is 0 Å². The Labute approximate surface area is 379 Å². The molecule has 10 aromatic carbocycles. The van der Waals surface area contributed by atoms with Gasteiger partial charge in [-0.05, 0) is 108 Å². The fourth-order valence-corrected chi connectivity index (χ4v) is 10.4. The van der Waals surface area contributed by atoms with Crippen molar-refractivity contribution in [3.05, 3.63) is 230 Å². The third-order valence-electron chi connectivity index (χ3n) is 13.2. The first-order valence-electron chi connectivity index (χ1n) is 22.1. The molecular formula is C60H36N6. The molecule has 6 heteroatoms. The summed E-state index contributed by atoms with van der Waals surface area (Å²) in [5, 5.41) is 31.2. The number of hydrogen-bond acceptors (Lipinski definition) is 3. The predicted molar refractivity (Wildman–Crippen MR) is 271 cm³/mol. The molecule has 0 saturated heterocycles. The fourth-order valence-electron chi connectivity index (χ4n) is 10.4. The van der Waals surface area contributed by atoms with Gasteiger partial charge in [-0.1, -0.05) is 121 Å². The third kappa shape index (κ3) is 5.46. The summed E-state index contributed by atoms with van der Waals surface area (Å²) >= 11 is 0. The number of fused-ring (bicyclic) bond motifs is 11. The molecule has 0 bridgehead atoms. The Morgan fingerprint density at radius 1 is 0.318 bits per heavy atom. The van der Waals surface area contributed by atoms with Crippen LogP contribution in [-0.4, -0.2) is 13.7 Å². The van der Waals surface area contributed by atoms with Crippen LogP contribution in [0, 0.1) is 22.7 Å². The van der Waals surface area contributed by atoms with Crippen molar-refractivity contribution < 1.29 is 0 Å². The largest absolute Gasteiger partial charge is 0.310 e. The Bertz CT molecular complexity index is 4140. The summed E-state index contributed by atoms with van der Waals surface area (Å²) in [6, 6.07) is 81.1. The summed E-state index contributed by atoms with van der Waals surface area (Å²) < 4.78 is 6.69. The van der Waals surface area contributed by atoms with Gasteiger partial charge in [0.1, 0.15) is 12.1 Å². The van der Waals surface area contributed by atoms with Crippen molar-refractivity contribution in [2.45, 2.75) is 0 Å². The molecule has 66 heavy (non-hydrogen) atoms. The Morgan fingerprint density at radius 2 is 0.788 bits per heavy atom. The van der Waals surface area contributed by atoms with Gasteiger partial charge in [-0.25, -0.2) is 0 Å². The van der Waals surface area contributed by atoms with Crippen molar-refractivity contribution in [1.82, 2.24) is 13.7 Å². The predicted octanol–water partition coefficient (Wildman–Crippen LogP) is 15.3. The van der Waals surface area contributed by atoms with Gasteiger partial charge in [0, 0.05) is 55.1 Å². The number of rotatable bonds is 6. The van der Waals surface area contributed by atoms with Crippen LogP contribution in [0.1, 0.15) is 11.1 Å². The molecule has 3 aromatic heterocycles. The maximum absolute atomic E-state index is 11.3. The normalized spacial score (nSPS) is 11.6. The minimum Gasteiger partial charge on any atom is -0.310 e. The first-order valence-corrected chi connectivity index (χ1v) is 22.1. The standard InChI is InChI=1S/C60H36N6/c61-37-40-33-57(41(38-62)32-56(40)65-53-27-15-13-25-48(53)60-46-23-11-10-16-39(46)28-30-55(60)65)66-54-31-29-45(63(42-17-4-1-5-18-42)43-19-6-2-7-20-43)34-49(54)51-36-58-50(35-59(51)66)47-24-12-14-26-52(47)64(58)44-21-8-3-9-22-44/h1-36H. The van der Waals surface area contributed by atoms with Gasteiger partial charge >= 0.3 is 0 Å². The van der Waals surface area contributed by atoms with Crippen LogP contribution in [-0.2, 0) is 0 Å². The molecule has 0 atom stereocenters. The van der Waals surface area contributed by atoms with E-state index in [9.17, 15) is 10.5 Å². The number of aromatic nitrogens is 3. The van der Waals surface area contributed by atoms with E-state index in [1.54, 1.807) is 0 Å². The van der Waals surface area contributed by atoms with Crippen LogP contribution in [0.25, 0.3) is 93.3 Å². The number of benzene rings is 10. The molecule has 0 N–H and O–H groups in total. The Kier molecular flexibility index (Phi) is 8.24. The van der Waals surface area contributed by atoms with Crippen LogP contribution in [0.2, 0.25) is 0 Å². The highest BCUT2D eigenvalue weighted by Crippen LogP contribution is 2.44. The van der Waals surface area contributed by atoms with Crippen LogP contribution >= 0.6 is 0 Å². The molecule has 0 fully saturated rings. The van der Waals surface area contributed by atoms with Gasteiger partial charge in [0.2, 0.25) is 0 Å². The van der Waals surface area contributed by atoms with Gasteiger partial charge in [-0.15, -0.1) is 0 Å². The number of anilines is 3. The zero-order chi connectivity index (χ0) is 43.9. The topological polar surface area (TPSA) is 65.6 Å². The van der Waals surface area contributed by atoms with Crippen molar-refractivity contribution >= 4 is 93.3 Å². The first kappa shape index (κ1) is 37.2. The van der Waals surface area contributed by atoms with Gasteiger partial charge in [-0.2, -0.15) is 10.5 Å². The molecule has 13 aromatic rings. The van der Waals surface area contributed by atoms with E-state index in [2.05, 4.69) is 213 Å². The molecule has 0 radical (unpaired) electrons. The summed E-state index contributed by atoms with van der Waals surface area (Å²) in [5.74, 6) is 0. The fraction of sp³-hybridized carbons (Fsp3) is 0. The molecular weight excluding hydrogens is 805 g/mol. The summed E-state index contributed by atoms with van der Waals surface area (Å²) in [5.41, 5.74) is 12.4. The highest BCUT2D eigenvalue weighted by atomic mass is 15.1. The van der Waals surface area contributed by atoms with Crippen LogP contribution in [0.4, 0.5) is 17.1 Å². The van der Waals surface area contributed by atoms with Gasteiger partial charge in [0.15, 0.2) is 0 Å². The lowest BCUT2D eigenvalue weighted by molar-refractivity contribution is 1.12. The summed E-state index contributed by atoms with van der Waals surface area (Å²) in [4.78, 5) is 2.28. The molecule has 3 heterocycles. The van der Waals surface area contributed by atoms with Crippen LogP contribution in [0.15, 0.2) is 218 Å². The zero-order valence-corrected chi connectivity index (χ0v) is 35.5. The van der Waals surface area contributed by atoms with Gasteiger partial charge in [0.05, 0.1) is 55.6 Å². The number of hydrogen-bond donors (Lipinski definition) is 0. The van der Waals surface area contributed by atoms with E-state index in [0.717, 1.165) is 98.9 Å². The number of nitriles is 2. The maximum Gasteiger partial charge on any atom is 0.101 e. The number of nitrogens with zero attached hydrogens (tertiary/aromatic N) is 6. The zero-order valence-electron chi connectivity index (χ0n) is 35.5. The molecule has 306 valence electrons. The minimum atomic E-state index is 0.459. The molecule has 13 rings (SSSR count). The van der Waals surface area contributed by atoms with Crippen molar-refractivity contribution in [3.63, 3.8) is 0 Å². The van der Waals surface area contributed by atoms with Crippen LogP contribution < -0.4 is 4.90 Å². The van der Waals surface area contributed by atoms with E-state index < -0.39 is 0 Å². The molecule has 0 aliphatic rings. The summed E-state index contributed by atoms with van der Waals surface area (Å²) in [7, 11) is 0. The second-order valence-electron chi connectivity index (χ2n) is 16.8. The van der Waals surface area contributed by atoms with E-state index in [4.69, 9.17) is 0 Å². The Hall–Kier alpha value is -9.36. The first-order chi connectivity index (χ1) is 32.7. The Morgan fingerprint density at radius 3 is 1.44 bits per heavy atom. The monoisotopic (exact) mass is 840 g/mol. The second-order valence-corrected chi connectivity index (χ2v) is 16.8. The Balaban J connectivity index is 1.13. The van der Waals surface area contributed by atoms with E-state index >= 15 is 0 Å². The smallest absolute Gasteiger partial charge is 0.101 e. The summed E-state index contributed by atoms with van der Waals surface area (Å²) in [6.07, 6.45) is 0. The van der Waals surface area contributed by atoms with Crippen LogP contribution in [0.3, 0.4) is 0 Å². The minimum absolute atomic E-state index is 0.459. The SMILES string of the molecule is N#Cc1cc(-n2c3ccccc3c3c4ccccc4ccc32)c(C#N)cc1-n1c2ccc(N(c3ccccc3)c3ccccc3)cc2c2cc3c(cc21)c1ccccc1n3-c1ccccc1. The van der Waals surface area contributed by atoms with E-state index in [1.807, 2.05) is 36.4 Å². The third-order valence-corrected chi connectivity index (χ3v) is 13.2. The maximum atomic E-state index is 11.3. The van der Waals surface area contributed by atoms with Gasteiger partial charge < -0.3 is 18.6 Å². The molecule has 0 aliphatic heterocycles. The van der Waals surface area contributed by atoms with Crippen molar-refractivity contribution in [1.29, 1.82) is 10.5 Å². The quantitative estimate of drug-likeness (QED) is 0.167. The highest BCUT2D eigenvalue weighted by Gasteiger charge is 2.24. The average molecular weight is 841 g/mol. The average Bonchev–Trinajstić information content (AvgIpc) is 4.01. The van der Waals surface area contributed by atoms with Gasteiger partial charge in [0.25, 0.3) is 0 Å². The molecule has 6 nitrogen and oxygen atoms in total. The summed E-state index contributed by atoms with van der Waals surface area (Å²) in [6.45, 7) is 0. The molecule has 0 unspecified atom stereocenters. The number of para-hydroxylation sites is 5. The van der Waals surface area contributed by atoms with E-state index in [0.29, 0.717) is 22.5 Å². The van der Waals surface area contributed by atoms with Gasteiger partial charge in [-0.3, -0.25) is 0 Å². The van der Waals surface area contributed by atoms with Crippen molar-refractivity contribution in [3.8, 4) is 29.2 Å². The molecule has 0 saturated carbocycles. The molecule has 0 aliphatic carbocycles. The highest BCUT2D eigenvalue weighted by molar-refractivity contribution is 6.22. The van der Waals surface area contributed by atoms with E-state index in [-0.39, 0.29) is 0 Å². The molecule has 0 spiro atoms. The van der Waals surface area contributed by atoms with E-state index in [1.165, 1.54) is 0 Å². The lowest BCUT2D eigenvalue weighted by Crippen LogP contribution is -2.09. The van der Waals surface area contributed by atoms with Crippen molar-refractivity contribution in [2.75, 3.05) is 4.90 Å². The molecule has 0 amide bonds. The second kappa shape index (κ2) is 14.6.